The second-order valence-electron chi connectivity index (χ2n) is 3.43. The molecule has 2 aromatic heterocycles. The standard InChI is InChI=1S/C10H10BrN5O/c1-16-6-14-15-9(16)5-13-10(17)7-2-8(11)4-12-3-7/h2-4,6H,5H2,1H3,(H,13,17). The highest BCUT2D eigenvalue weighted by Crippen LogP contribution is 2.09. The van der Waals surface area contributed by atoms with E-state index in [1.165, 1.54) is 6.20 Å². The van der Waals surface area contributed by atoms with E-state index in [9.17, 15) is 4.79 Å². The topological polar surface area (TPSA) is 72.7 Å². The number of hydrogen-bond donors (Lipinski definition) is 1. The Labute approximate surface area is 106 Å². The average Bonchev–Trinajstić information content (AvgIpc) is 2.72. The summed E-state index contributed by atoms with van der Waals surface area (Å²) in [7, 11) is 1.82. The maximum absolute atomic E-state index is 11.8. The first-order chi connectivity index (χ1) is 8.16. The first-order valence-corrected chi connectivity index (χ1v) is 5.68. The van der Waals surface area contributed by atoms with Crippen LogP contribution in [0.5, 0.6) is 0 Å². The molecule has 1 N–H and O–H groups in total. The molecule has 0 saturated heterocycles. The summed E-state index contributed by atoms with van der Waals surface area (Å²) in [5.41, 5.74) is 0.501. The molecule has 6 nitrogen and oxygen atoms in total. The van der Waals surface area contributed by atoms with Crippen molar-refractivity contribution >= 4 is 21.8 Å². The van der Waals surface area contributed by atoms with Gasteiger partial charge in [0.05, 0.1) is 12.1 Å². The van der Waals surface area contributed by atoms with Crippen molar-refractivity contribution in [1.82, 2.24) is 25.1 Å². The molecule has 2 aromatic rings. The fraction of sp³-hybridized carbons (Fsp3) is 0.200. The van der Waals surface area contributed by atoms with Crippen molar-refractivity contribution in [1.29, 1.82) is 0 Å². The number of pyridine rings is 1. The number of aryl methyl sites for hydroxylation is 1. The predicted octanol–water partition coefficient (Wildman–Crippen LogP) is 0.903. The van der Waals surface area contributed by atoms with Crippen molar-refractivity contribution in [3.63, 3.8) is 0 Å². The zero-order valence-electron chi connectivity index (χ0n) is 9.09. The molecular formula is C10H10BrN5O. The van der Waals surface area contributed by atoms with Crippen LogP contribution in [-0.2, 0) is 13.6 Å². The second-order valence-corrected chi connectivity index (χ2v) is 4.35. The molecule has 0 spiro atoms. The van der Waals surface area contributed by atoms with Gasteiger partial charge in [-0.1, -0.05) is 0 Å². The fourth-order valence-corrected chi connectivity index (χ4v) is 1.63. The van der Waals surface area contributed by atoms with E-state index in [-0.39, 0.29) is 5.91 Å². The number of carbonyl (C=O) groups is 1. The van der Waals surface area contributed by atoms with Crippen LogP contribution in [-0.4, -0.2) is 25.7 Å². The summed E-state index contributed by atoms with van der Waals surface area (Å²) in [6, 6.07) is 1.71. The zero-order chi connectivity index (χ0) is 12.3. The number of nitrogens with zero attached hydrogens (tertiary/aromatic N) is 4. The SMILES string of the molecule is Cn1cnnc1CNC(=O)c1cncc(Br)c1. The third-order valence-electron chi connectivity index (χ3n) is 2.18. The Bertz CT molecular complexity index is 539. The predicted molar refractivity (Wildman–Crippen MR) is 64.1 cm³/mol. The molecule has 0 saturated carbocycles. The summed E-state index contributed by atoms with van der Waals surface area (Å²) in [6.07, 6.45) is 4.72. The molecule has 0 fully saturated rings. The highest BCUT2D eigenvalue weighted by Gasteiger charge is 2.07. The van der Waals surface area contributed by atoms with Gasteiger partial charge in [0, 0.05) is 23.9 Å². The lowest BCUT2D eigenvalue weighted by atomic mass is 10.3. The van der Waals surface area contributed by atoms with E-state index in [4.69, 9.17) is 0 Å². The highest BCUT2D eigenvalue weighted by molar-refractivity contribution is 9.10. The van der Waals surface area contributed by atoms with Crippen molar-refractivity contribution < 1.29 is 4.79 Å². The van der Waals surface area contributed by atoms with E-state index in [1.54, 1.807) is 23.2 Å². The van der Waals surface area contributed by atoms with Crippen LogP contribution in [0.15, 0.2) is 29.3 Å². The first-order valence-electron chi connectivity index (χ1n) is 4.88. The summed E-state index contributed by atoms with van der Waals surface area (Å²) in [6.45, 7) is 0.335. The van der Waals surface area contributed by atoms with Crippen molar-refractivity contribution in [3.05, 3.63) is 40.6 Å². The van der Waals surface area contributed by atoms with Gasteiger partial charge >= 0.3 is 0 Å². The number of aromatic nitrogens is 4. The maximum atomic E-state index is 11.8. The van der Waals surface area contributed by atoms with Crippen LogP contribution in [0.3, 0.4) is 0 Å². The van der Waals surface area contributed by atoms with E-state index in [0.717, 1.165) is 4.47 Å². The van der Waals surface area contributed by atoms with E-state index in [1.807, 2.05) is 7.05 Å². The lowest BCUT2D eigenvalue weighted by Crippen LogP contribution is -2.24. The van der Waals surface area contributed by atoms with Gasteiger partial charge in [-0.2, -0.15) is 0 Å². The molecule has 0 bridgehead atoms. The Morgan fingerprint density at radius 1 is 1.53 bits per heavy atom. The lowest BCUT2D eigenvalue weighted by Gasteiger charge is -2.04. The summed E-state index contributed by atoms with van der Waals surface area (Å²) in [5, 5.41) is 10.3. The van der Waals surface area contributed by atoms with E-state index in [2.05, 4.69) is 36.4 Å². The van der Waals surface area contributed by atoms with Gasteiger partial charge in [-0.25, -0.2) is 0 Å². The van der Waals surface area contributed by atoms with Crippen LogP contribution in [0, 0.1) is 0 Å². The lowest BCUT2D eigenvalue weighted by molar-refractivity contribution is 0.0949. The Kier molecular flexibility index (Phi) is 3.48. The molecule has 0 unspecified atom stereocenters. The van der Waals surface area contributed by atoms with Crippen molar-refractivity contribution in [2.45, 2.75) is 6.54 Å². The average molecular weight is 296 g/mol. The van der Waals surface area contributed by atoms with Gasteiger partial charge in [0.15, 0.2) is 5.82 Å². The minimum atomic E-state index is -0.193. The normalized spacial score (nSPS) is 10.2. The Hall–Kier alpha value is -1.76. The first kappa shape index (κ1) is 11.7. The van der Waals surface area contributed by atoms with Gasteiger partial charge in [0.2, 0.25) is 0 Å². The smallest absolute Gasteiger partial charge is 0.253 e. The van der Waals surface area contributed by atoms with E-state index in [0.29, 0.717) is 17.9 Å². The molecule has 0 aliphatic rings. The third kappa shape index (κ3) is 2.88. The Morgan fingerprint density at radius 3 is 3.00 bits per heavy atom. The Morgan fingerprint density at radius 2 is 2.35 bits per heavy atom. The molecule has 88 valence electrons. The molecule has 1 amide bonds. The fourth-order valence-electron chi connectivity index (χ4n) is 1.26. The van der Waals surface area contributed by atoms with E-state index >= 15 is 0 Å². The van der Waals surface area contributed by atoms with Crippen LogP contribution in [0.4, 0.5) is 0 Å². The van der Waals surface area contributed by atoms with Crippen molar-refractivity contribution in [2.75, 3.05) is 0 Å². The number of amides is 1. The molecule has 0 radical (unpaired) electrons. The van der Waals surface area contributed by atoms with Gasteiger partial charge in [-0.15, -0.1) is 10.2 Å². The monoisotopic (exact) mass is 295 g/mol. The molecule has 7 heteroatoms. The molecule has 2 heterocycles. The van der Waals surface area contributed by atoms with Gasteiger partial charge in [0.25, 0.3) is 5.91 Å². The third-order valence-corrected chi connectivity index (χ3v) is 2.61. The summed E-state index contributed by atoms with van der Waals surface area (Å²) >= 11 is 3.26. The molecule has 0 aliphatic carbocycles. The second kappa shape index (κ2) is 5.05. The number of carbonyl (C=O) groups excluding carboxylic acids is 1. The van der Waals surface area contributed by atoms with Crippen LogP contribution >= 0.6 is 15.9 Å². The van der Waals surface area contributed by atoms with Gasteiger partial charge in [-0.3, -0.25) is 9.78 Å². The van der Waals surface area contributed by atoms with Gasteiger partial charge in [0.1, 0.15) is 6.33 Å². The largest absolute Gasteiger partial charge is 0.345 e. The molecule has 0 aliphatic heterocycles. The maximum Gasteiger partial charge on any atom is 0.253 e. The number of nitrogens with one attached hydrogen (secondary N) is 1. The van der Waals surface area contributed by atoms with Crippen LogP contribution in [0.25, 0.3) is 0 Å². The molecule has 2 rings (SSSR count). The summed E-state index contributed by atoms with van der Waals surface area (Å²) in [5.74, 6) is 0.503. The highest BCUT2D eigenvalue weighted by atomic mass is 79.9. The van der Waals surface area contributed by atoms with E-state index < -0.39 is 0 Å². The molecule has 17 heavy (non-hydrogen) atoms. The molecule has 0 aromatic carbocycles. The Balaban J connectivity index is 2.01. The molecule has 0 atom stereocenters. The van der Waals surface area contributed by atoms with Crippen molar-refractivity contribution in [3.8, 4) is 0 Å². The number of halogens is 1. The minimum absolute atomic E-state index is 0.193. The summed E-state index contributed by atoms with van der Waals surface area (Å²) in [4.78, 5) is 15.7. The van der Waals surface area contributed by atoms with Gasteiger partial charge in [-0.05, 0) is 22.0 Å². The molecular weight excluding hydrogens is 286 g/mol. The number of rotatable bonds is 3. The zero-order valence-corrected chi connectivity index (χ0v) is 10.7. The number of hydrogen-bond acceptors (Lipinski definition) is 4. The van der Waals surface area contributed by atoms with Gasteiger partial charge < -0.3 is 9.88 Å². The quantitative estimate of drug-likeness (QED) is 0.913. The van der Waals surface area contributed by atoms with Crippen LogP contribution < -0.4 is 5.32 Å². The minimum Gasteiger partial charge on any atom is -0.345 e. The van der Waals surface area contributed by atoms with Crippen LogP contribution in [0.2, 0.25) is 0 Å². The summed E-state index contributed by atoms with van der Waals surface area (Å²) < 4.78 is 2.52. The van der Waals surface area contributed by atoms with Crippen molar-refractivity contribution in [2.24, 2.45) is 7.05 Å². The van der Waals surface area contributed by atoms with Crippen LogP contribution in [0.1, 0.15) is 16.2 Å².